The van der Waals surface area contributed by atoms with Gasteiger partial charge in [-0.3, -0.25) is 14.7 Å². The summed E-state index contributed by atoms with van der Waals surface area (Å²) in [5, 5.41) is 12.9. The Hall–Kier alpha value is -3.65. The van der Waals surface area contributed by atoms with Crippen LogP contribution in [0.3, 0.4) is 0 Å². The quantitative estimate of drug-likeness (QED) is 0.461. The average Bonchev–Trinajstić information content (AvgIpc) is 3.12. The number of aromatic nitrogens is 4. The molecular weight excluding hydrogens is 431 g/mol. The summed E-state index contributed by atoms with van der Waals surface area (Å²) < 4.78 is 15.2. The average molecular weight is 459 g/mol. The minimum absolute atomic E-state index is 0.0849. The molecule has 0 bridgehead atoms. The first kappa shape index (κ1) is 22.2. The number of amides is 1. The van der Waals surface area contributed by atoms with E-state index in [0.29, 0.717) is 13.0 Å². The van der Waals surface area contributed by atoms with Crippen molar-refractivity contribution in [3.05, 3.63) is 89.4 Å². The largest absolute Gasteiger partial charge is 0.355 e. The van der Waals surface area contributed by atoms with Crippen LogP contribution in [-0.2, 0) is 37.1 Å². The lowest BCUT2D eigenvalue weighted by molar-refractivity contribution is -0.120. The highest BCUT2D eigenvalue weighted by molar-refractivity contribution is 5.79. The standard InChI is InChI=1S/C26H27FN6O/c27-22-7-4-19(5-8-22)17-26(34)29-12-9-24-30-31-25-10-13-32(14-15-33(24)25)18-20-3-6-21-2-1-11-28-23(21)16-20/h1-8,11,16H,9-10,12-15,17-18H2,(H,29,34). The van der Waals surface area contributed by atoms with Gasteiger partial charge in [-0.15, -0.1) is 10.2 Å². The number of carbonyl (C=O) groups excluding carboxylic acids is 1. The van der Waals surface area contributed by atoms with Gasteiger partial charge < -0.3 is 9.88 Å². The molecule has 0 saturated heterocycles. The van der Waals surface area contributed by atoms with Gasteiger partial charge in [0.2, 0.25) is 5.91 Å². The number of halogens is 1. The minimum atomic E-state index is -0.301. The predicted molar refractivity (Wildman–Crippen MR) is 128 cm³/mol. The molecule has 0 unspecified atom stereocenters. The van der Waals surface area contributed by atoms with E-state index in [1.165, 1.54) is 17.7 Å². The summed E-state index contributed by atoms with van der Waals surface area (Å²) >= 11 is 0. The Morgan fingerprint density at radius 3 is 2.74 bits per heavy atom. The third-order valence-corrected chi connectivity index (χ3v) is 6.22. The highest BCUT2D eigenvalue weighted by Crippen LogP contribution is 2.17. The van der Waals surface area contributed by atoms with Crippen LogP contribution in [0.2, 0.25) is 0 Å². The maximum atomic E-state index is 13.0. The second-order valence-electron chi connectivity index (χ2n) is 8.64. The Kier molecular flexibility index (Phi) is 6.58. The van der Waals surface area contributed by atoms with E-state index in [4.69, 9.17) is 0 Å². The van der Waals surface area contributed by atoms with Crippen LogP contribution < -0.4 is 5.32 Å². The molecule has 0 saturated carbocycles. The van der Waals surface area contributed by atoms with Crippen LogP contribution in [0.5, 0.6) is 0 Å². The fraction of sp³-hybridized carbons (Fsp3) is 0.308. The van der Waals surface area contributed by atoms with Crippen LogP contribution in [0.1, 0.15) is 22.8 Å². The molecular formula is C26H27FN6O. The second kappa shape index (κ2) is 10.1. The minimum Gasteiger partial charge on any atom is -0.355 e. The van der Waals surface area contributed by atoms with Crippen molar-refractivity contribution in [2.45, 2.75) is 32.4 Å². The summed E-state index contributed by atoms with van der Waals surface area (Å²) in [6, 6.07) is 16.5. The van der Waals surface area contributed by atoms with E-state index in [9.17, 15) is 9.18 Å². The Labute approximate surface area is 197 Å². The van der Waals surface area contributed by atoms with Crippen molar-refractivity contribution < 1.29 is 9.18 Å². The summed E-state index contributed by atoms with van der Waals surface area (Å²) in [6.07, 6.45) is 3.53. The number of fused-ring (bicyclic) bond motifs is 2. The van der Waals surface area contributed by atoms with E-state index in [1.54, 1.807) is 12.1 Å². The van der Waals surface area contributed by atoms with Crippen LogP contribution in [0.4, 0.5) is 4.39 Å². The van der Waals surface area contributed by atoms with Gasteiger partial charge in [0.15, 0.2) is 0 Å². The molecule has 0 spiro atoms. The van der Waals surface area contributed by atoms with Crippen molar-refractivity contribution in [3.63, 3.8) is 0 Å². The number of benzene rings is 2. The maximum Gasteiger partial charge on any atom is 0.224 e. The molecule has 3 heterocycles. The molecule has 0 radical (unpaired) electrons. The number of hydrogen-bond acceptors (Lipinski definition) is 5. The molecule has 0 fully saturated rings. The molecule has 7 nitrogen and oxygen atoms in total. The monoisotopic (exact) mass is 458 g/mol. The van der Waals surface area contributed by atoms with Crippen molar-refractivity contribution >= 4 is 16.8 Å². The molecule has 2 aromatic carbocycles. The molecule has 1 aliphatic rings. The van der Waals surface area contributed by atoms with Crippen LogP contribution in [0.15, 0.2) is 60.8 Å². The lowest BCUT2D eigenvalue weighted by Crippen LogP contribution is -2.28. The van der Waals surface area contributed by atoms with Crippen molar-refractivity contribution in [2.24, 2.45) is 0 Å². The van der Waals surface area contributed by atoms with E-state index in [1.807, 2.05) is 12.3 Å². The molecule has 4 aromatic rings. The highest BCUT2D eigenvalue weighted by Gasteiger charge is 2.19. The molecule has 1 amide bonds. The highest BCUT2D eigenvalue weighted by atomic mass is 19.1. The van der Waals surface area contributed by atoms with Gasteiger partial charge in [0.25, 0.3) is 0 Å². The van der Waals surface area contributed by atoms with Gasteiger partial charge in [-0.25, -0.2) is 4.39 Å². The first-order chi connectivity index (χ1) is 16.6. The van der Waals surface area contributed by atoms with Gasteiger partial charge in [0.1, 0.15) is 17.5 Å². The molecule has 5 rings (SSSR count). The third-order valence-electron chi connectivity index (χ3n) is 6.22. The Morgan fingerprint density at radius 2 is 1.85 bits per heavy atom. The lowest BCUT2D eigenvalue weighted by atomic mass is 10.1. The normalized spacial score (nSPS) is 14.0. The first-order valence-corrected chi connectivity index (χ1v) is 11.6. The zero-order chi connectivity index (χ0) is 23.3. The number of carbonyl (C=O) groups is 1. The number of nitrogens with one attached hydrogen (secondary N) is 1. The summed E-state index contributed by atoms with van der Waals surface area (Å²) in [7, 11) is 0. The summed E-state index contributed by atoms with van der Waals surface area (Å²) in [5.41, 5.74) is 3.07. The second-order valence-corrected chi connectivity index (χ2v) is 8.64. The topological polar surface area (TPSA) is 75.9 Å². The molecule has 34 heavy (non-hydrogen) atoms. The van der Waals surface area contributed by atoms with Crippen LogP contribution >= 0.6 is 0 Å². The predicted octanol–water partition coefficient (Wildman–Crippen LogP) is 2.93. The molecule has 8 heteroatoms. The third kappa shape index (κ3) is 5.28. The summed E-state index contributed by atoms with van der Waals surface area (Å²) in [5.74, 6) is 1.51. The SMILES string of the molecule is O=C(Cc1ccc(F)cc1)NCCc1nnc2n1CCN(Cc1ccc3cccnc3c1)CC2. The maximum absolute atomic E-state index is 13.0. The smallest absolute Gasteiger partial charge is 0.224 e. The van der Waals surface area contributed by atoms with Crippen molar-refractivity contribution in [3.8, 4) is 0 Å². The van der Waals surface area contributed by atoms with Gasteiger partial charge in [0, 0.05) is 57.1 Å². The van der Waals surface area contributed by atoms with Crippen LogP contribution in [-0.4, -0.2) is 50.2 Å². The number of hydrogen-bond donors (Lipinski definition) is 1. The fourth-order valence-corrected chi connectivity index (χ4v) is 4.40. The van der Waals surface area contributed by atoms with Gasteiger partial charge >= 0.3 is 0 Å². The molecule has 174 valence electrons. The Morgan fingerprint density at radius 1 is 1.00 bits per heavy atom. The summed E-state index contributed by atoms with van der Waals surface area (Å²) in [6.45, 7) is 4.03. The van der Waals surface area contributed by atoms with E-state index >= 15 is 0 Å². The van der Waals surface area contributed by atoms with Gasteiger partial charge in [-0.1, -0.05) is 30.3 Å². The van der Waals surface area contributed by atoms with E-state index in [-0.39, 0.29) is 18.1 Å². The molecule has 0 atom stereocenters. The van der Waals surface area contributed by atoms with Crippen molar-refractivity contribution in [1.29, 1.82) is 0 Å². The fourth-order valence-electron chi connectivity index (χ4n) is 4.40. The van der Waals surface area contributed by atoms with Gasteiger partial charge in [-0.05, 0) is 35.4 Å². The number of pyridine rings is 1. The molecule has 1 N–H and O–H groups in total. The van der Waals surface area contributed by atoms with E-state index in [2.05, 4.69) is 54.2 Å². The van der Waals surface area contributed by atoms with Gasteiger partial charge in [-0.2, -0.15) is 0 Å². The zero-order valence-electron chi connectivity index (χ0n) is 19.0. The molecule has 1 aliphatic heterocycles. The molecule has 0 aliphatic carbocycles. The van der Waals surface area contributed by atoms with Crippen LogP contribution in [0.25, 0.3) is 10.9 Å². The number of nitrogens with zero attached hydrogens (tertiary/aromatic N) is 5. The number of rotatable bonds is 7. The lowest BCUT2D eigenvalue weighted by Gasteiger charge is -2.20. The van der Waals surface area contributed by atoms with Crippen molar-refractivity contribution in [1.82, 2.24) is 30.0 Å². The van der Waals surface area contributed by atoms with Crippen LogP contribution in [0, 0.1) is 5.82 Å². The summed E-state index contributed by atoms with van der Waals surface area (Å²) in [4.78, 5) is 19.1. The van der Waals surface area contributed by atoms with E-state index < -0.39 is 0 Å². The first-order valence-electron chi connectivity index (χ1n) is 11.6. The zero-order valence-corrected chi connectivity index (χ0v) is 19.0. The van der Waals surface area contributed by atoms with E-state index in [0.717, 1.165) is 60.7 Å². The molecule has 2 aromatic heterocycles. The van der Waals surface area contributed by atoms with Gasteiger partial charge in [0.05, 0.1) is 11.9 Å². The Bertz CT molecular complexity index is 1290. The Balaban J connectivity index is 1.13. The van der Waals surface area contributed by atoms with Crippen molar-refractivity contribution in [2.75, 3.05) is 19.6 Å².